The number of hydrogen-bond acceptors (Lipinski definition) is 8. The third kappa shape index (κ3) is 11.0. The van der Waals surface area contributed by atoms with Crippen LogP contribution in [0.1, 0.15) is 63.0 Å². The normalized spacial score (nSPS) is 11.2. The van der Waals surface area contributed by atoms with Crippen LogP contribution in [-0.2, 0) is 20.8 Å². The fourth-order valence-corrected chi connectivity index (χ4v) is 3.92. The monoisotopic (exact) mass is 608 g/mol. The average molecular weight is 609 g/mol. The van der Waals surface area contributed by atoms with E-state index < -0.39 is 29.2 Å². The Morgan fingerprint density at radius 1 is 0.860 bits per heavy atom. The lowest BCUT2D eigenvalue weighted by molar-refractivity contribution is -0.157. The maximum atomic E-state index is 13.3. The van der Waals surface area contributed by atoms with Gasteiger partial charge in [0.25, 0.3) is 5.91 Å². The van der Waals surface area contributed by atoms with Crippen molar-refractivity contribution in [1.82, 2.24) is 5.32 Å². The molecule has 10 nitrogen and oxygen atoms in total. The Kier molecular flexibility index (Phi) is 10.8. The van der Waals surface area contributed by atoms with Gasteiger partial charge in [0.1, 0.15) is 22.8 Å². The lowest BCUT2D eigenvalue weighted by atomic mass is 10.1. The maximum Gasteiger partial charge on any atom is 0.413 e. The number of para-hydroxylation sites is 1. The molecule has 0 saturated heterocycles. The Hall–Kier alpha value is -4.57. The molecule has 0 heterocycles. The highest BCUT2D eigenvalue weighted by Crippen LogP contribution is 2.25. The summed E-state index contributed by atoms with van der Waals surface area (Å²) < 4.78 is 16.2. The van der Waals surface area contributed by atoms with Crippen LogP contribution < -0.4 is 20.7 Å². The van der Waals surface area contributed by atoms with E-state index in [-0.39, 0.29) is 12.4 Å². The van der Waals surface area contributed by atoms with Crippen molar-refractivity contribution in [1.29, 1.82) is 5.41 Å². The second-order valence-corrected chi connectivity index (χ2v) is 12.0. The molecule has 0 aliphatic rings. The summed E-state index contributed by atoms with van der Waals surface area (Å²) in [6, 6.07) is 18.6. The van der Waals surface area contributed by atoms with Crippen LogP contribution in [0.15, 0.2) is 66.7 Å². The summed E-state index contributed by atoms with van der Waals surface area (Å²) in [5, 5.41) is 17.0. The molecule has 228 valence electrons. The van der Waals surface area contributed by atoms with Crippen molar-refractivity contribution < 1.29 is 28.6 Å². The molecule has 0 fully saturated rings. The number of benzene rings is 3. The van der Waals surface area contributed by atoms with Crippen LogP contribution in [0.5, 0.6) is 5.75 Å². The third-order valence-corrected chi connectivity index (χ3v) is 5.73. The number of rotatable bonds is 9. The van der Waals surface area contributed by atoms with Gasteiger partial charge in [-0.3, -0.25) is 15.5 Å². The van der Waals surface area contributed by atoms with E-state index in [4.69, 9.17) is 31.2 Å². The molecule has 0 aliphatic carbocycles. The van der Waals surface area contributed by atoms with Gasteiger partial charge in [0.2, 0.25) is 0 Å². The van der Waals surface area contributed by atoms with Crippen LogP contribution in [0.25, 0.3) is 0 Å². The SMILES string of the molecule is CC(C)(C)OC(=O)COc1ccccc1CNc1ccc(Cl)cc1C(=O)Nc1ccc(C(=N)NC(=O)OC(C)(C)C)cc1. The summed E-state index contributed by atoms with van der Waals surface area (Å²) in [7, 11) is 0. The van der Waals surface area contributed by atoms with Crippen LogP contribution in [0, 0.1) is 5.41 Å². The molecule has 11 heteroatoms. The van der Waals surface area contributed by atoms with Gasteiger partial charge in [-0.1, -0.05) is 29.8 Å². The van der Waals surface area contributed by atoms with E-state index in [0.29, 0.717) is 39.8 Å². The van der Waals surface area contributed by atoms with E-state index in [9.17, 15) is 14.4 Å². The zero-order valence-electron chi connectivity index (χ0n) is 25.1. The van der Waals surface area contributed by atoms with Gasteiger partial charge in [0.15, 0.2) is 6.61 Å². The molecule has 3 aromatic carbocycles. The molecule has 0 unspecified atom stereocenters. The molecular formula is C32H37ClN4O6. The minimum atomic E-state index is -0.729. The van der Waals surface area contributed by atoms with Gasteiger partial charge >= 0.3 is 12.1 Å². The Labute approximate surface area is 256 Å². The molecule has 0 saturated carbocycles. The summed E-state index contributed by atoms with van der Waals surface area (Å²) in [6.07, 6.45) is -0.729. The van der Waals surface area contributed by atoms with E-state index in [1.165, 1.54) is 0 Å². The average Bonchev–Trinajstić information content (AvgIpc) is 2.90. The number of halogens is 1. The maximum absolute atomic E-state index is 13.3. The topological polar surface area (TPSA) is 139 Å². The van der Waals surface area contributed by atoms with Crippen molar-refractivity contribution in [2.45, 2.75) is 59.3 Å². The highest BCUT2D eigenvalue weighted by atomic mass is 35.5. The molecule has 2 amide bonds. The summed E-state index contributed by atoms with van der Waals surface area (Å²) >= 11 is 6.22. The summed E-state index contributed by atoms with van der Waals surface area (Å²) in [4.78, 5) is 37.3. The number of ether oxygens (including phenoxy) is 3. The number of esters is 1. The first-order valence-electron chi connectivity index (χ1n) is 13.6. The van der Waals surface area contributed by atoms with Crippen molar-refractivity contribution in [3.63, 3.8) is 0 Å². The predicted molar refractivity (Wildman–Crippen MR) is 167 cm³/mol. The minimum Gasteiger partial charge on any atom is -0.482 e. The first-order valence-corrected chi connectivity index (χ1v) is 13.9. The largest absolute Gasteiger partial charge is 0.482 e. The van der Waals surface area contributed by atoms with Gasteiger partial charge < -0.3 is 24.8 Å². The van der Waals surface area contributed by atoms with Gasteiger partial charge in [0, 0.05) is 34.1 Å². The zero-order valence-corrected chi connectivity index (χ0v) is 25.8. The van der Waals surface area contributed by atoms with Crippen molar-refractivity contribution in [3.8, 4) is 5.75 Å². The summed E-state index contributed by atoms with van der Waals surface area (Å²) in [6.45, 7) is 10.6. The lowest BCUT2D eigenvalue weighted by Gasteiger charge is -2.20. The molecule has 0 aromatic heterocycles. The van der Waals surface area contributed by atoms with Crippen LogP contribution in [0.4, 0.5) is 16.2 Å². The number of carbonyl (C=O) groups excluding carboxylic acids is 3. The summed E-state index contributed by atoms with van der Waals surface area (Å²) in [5.74, 6) is -0.512. The number of anilines is 2. The molecular weight excluding hydrogens is 572 g/mol. The number of carbonyl (C=O) groups is 3. The third-order valence-electron chi connectivity index (χ3n) is 5.49. The zero-order chi connectivity index (χ0) is 31.8. The second kappa shape index (κ2) is 14.1. The number of amides is 2. The number of nitrogens with one attached hydrogen (secondary N) is 4. The smallest absolute Gasteiger partial charge is 0.413 e. The van der Waals surface area contributed by atoms with Crippen LogP contribution in [0.3, 0.4) is 0 Å². The molecule has 3 aromatic rings. The van der Waals surface area contributed by atoms with Crippen molar-refractivity contribution >= 4 is 46.8 Å². The van der Waals surface area contributed by atoms with E-state index in [0.717, 1.165) is 5.56 Å². The standard InChI is InChI=1S/C32H37ClN4O6/c1-31(2,3)42-27(38)19-41-26-10-8-7-9-21(26)18-35-25-16-13-22(33)17-24(25)29(39)36-23-14-11-20(12-15-23)28(34)37-30(40)43-32(4,5)6/h7-17,35H,18-19H2,1-6H3,(H,36,39)(H2,34,37,40). The molecule has 0 bridgehead atoms. The predicted octanol–water partition coefficient (Wildman–Crippen LogP) is 6.77. The van der Waals surface area contributed by atoms with Crippen LogP contribution in [-0.4, -0.2) is 41.6 Å². The van der Waals surface area contributed by atoms with E-state index in [1.807, 2.05) is 12.1 Å². The fraction of sp³-hybridized carbons (Fsp3) is 0.312. The second-order valence-electron chi connectivity index (χ2n) is 11.6. The van der Waals surface area contributed by atoms with Gasteiger partial charge in [0.05, 0.1) is 5.56 Å². The highest BCUT2D eigenvalue weighted by molar-refractivity contribution is 6.31. The number of amidine groups is 1. The minimum absolute atomic E-state index is 0.135. The van der Waals surface area contributed by atoms with Crippen molar-refractivity contribution in [2.24, 2.45) is 0 Å². The fourth-order valence-electron chi connectivity index (χ4n) is 3.74. The first-order chi connectivity index (χ1) is 20.1. The first kappa shape index (κ1) is 32.9. The molecule has 4 N–H and O–H groups in total. The van der Waals surface area contributed by atoms with E-state index >= 15 is 0 Å². The lowest BCUT2D eigenvalue weighted by Crippen LogP contribution is -2.36. The van der Waals surface area contributed by atoms with E-state index in [2.05, 4.69) is 16.0 Å². The van der Waals surface area contributed by atoms with Gasteiger partial charge in [-0.05, 0) is 90.1 Å². The van der Waals surface area contributed by atoms with Crippen molar-refractivity contribution in [2.75, 3.05) is 17.2 Å². The molecule has 3 rings (SSSR count). The Morgan fingerprint density at radius 3 is 2.16 bits per heavy atom. The number of alkyl carbamates (subject to hydrolysis) is 1. The highest BCUT2D eigenvalue weighted by Gasteiger charge is 2.19. The Balaban J connectivity index is 1.66. The van der Waals surface area contributed by atoms with Crippen molar-refractivity contribution in [3.05, 3.63) is 88.4 Å². The molecule has 43 heavy (non-hydrogen) atoms. The van der Waals surface area contributed by atoms with Gasteiger partial charge in [-0.2, -0.15) is 0 Å². The van der Waals surface area contributed by atoms with Gasteiger partial charge in [-0.25, -0.2) is 9.59 Å². The van der Waals surface area contributed by atoms with Gasteiger partial charge in [-0.15, -0.1) is 0 Å². The molecule has 0 radical (unpaired) electrons. The van der Waals surface area contributed by atoms with Crippen LogP contribution >= 0.6 is 11.6 Å². The number of hydrogen-bond donors (Lipinski definition) is 4. The Morgan fingerprint density at radius 2 is 1.51 bits per heavy atom. The molecule has 0 aliphatic heterocycles. The van der Waals surface area contributed by atoms with Crippen LogP contribution in [0.2, 0.25) is 5.02 Å². The quantitative estimate of drug-likeness (QED) is 0.119. The Bertz CT molecular complexity index is 1480. The van der Waals surface area contributed by atoms with E-state index in [1.54, 1.807) is 96.1 Å². The molecule has 0 spiro atoms. The summed E-state index contributed by atoms with van der Waals surface area (Å²) in [5.41, 5.74) is 1.21. The molecule has 0 atom stereocenters.